The number of carbonyl (C=O) groups is 2. The summed E-state index contributed by atoms with van der Waals surface area (Å²) in [5, 5.41) is 12.4. The van der Waals surface area contributed by atoms with Crippen LogP contribution in [0.3, 0.4) is 0 Å². The van der Waals surface area contributed by atoms with Crippen LogP contribution in [0.15, 0.2) is 66.7 Å². The predicted molar refractivity (Wildman–Crippen MR) is 145 cm³/mol. The number of methoxy groups -OCH3 is 1. The molecule has 1 aliphatic heterocycles. The number of hydrogen-bond acceptors (Lipinski definition) is 5. The Morgan fingerprint density at radius 2 is 1.81 bits per heavy atom. The largest absolute Gasteiger partial charge is 0.497 e. The number of nitriles is 1. The van der Waals surface area contributed by atoms with E-state index < -0.39 is 0 Å². The van der Waals surface area contributed by atoms with Crippen LogP contribution in [0, 0.1) is 11.3 Å². The van der Waals surface area contributed by atoms with Crippen molar-refractivity contribution in [3.8, 4) is 22.9 Å². The third kappa shape index (κ3) is 7.10. The monoisotopic (exact) mass is 516 g/mol. The van der Waals surface area contributed by atoms with Crippen LogP contribution in [0.5, 0.6) is 5.75 Å². The van der Waals surface area contributed by atoms with Crippen molar-refractivity contribution in [2.24, 2.45) is 0 Å². The van der Waals surface area contributed by atoms with Crippen LogP contribution in [0.4, 0.5) is 5.69 Å². The fourth-order valence-electron chi connectivity index (χ4n) is 4.40. The number of amides is 2. The zero-order chi connectivity index (χ0) is 26.2. The highest BCUT2D eigenvalue weighted by Gasteiger charge is 2.21. The van der Waals surface area contributed by atoms with Crippen LogP contribution >= 0.6 is 11.6 Å². The molecule has 0 aromatic heterocycles. The molecule has 1 heterocycles. The summed E-state index contributed by atoms with van der Waals surface area (Å²) in [5.41, 5.74) is 3.39. The molecule has 3 aromatic carbocycles. The van der Waals surface area contributed by atoms with Gasteiger partial charge in [0.25, 0.3) is 5.91 Å². The number of rotatable bonds is 9. The van der Waals surface area contributed by atoms with Crippen LogP contribution in [-0.2, 0) is 4.79 Å². The van der Waals surface area contributed by atoms with Crippen LogP contribution in [0.1, 0.15) is 28.8 Å². The second-order valence-corrected chi connectivity index (χ2v) is 9.41. The third-order valence-electron chi connectivity index (χ3n) is 6.35. The first-order valence-corrected chi connectivity index (χ1v) is 12.6. The molecule has 0 radical (unpaired) electrons. The number of likely N-dealkylation sites (tertiary alicyclic amines) is 1. The van der Waals surface area contributed by atoms with Crippen molar-refractivity contribution < 1.29 is 14.3 Å². The number of benzene rings is 3. The molecule has 190 valence electrons. The summed E-state index contributed by atoms with van der Waals surface area (Å²) < 4.78 is 5.22. The van der Waals surface area contributed by atoms with Gasteiger partial charge in [0.05, 0.1) is 18.7 Å². The molecular weight excluding hydrogens is 488 g/mol. The van der Waals surface area contributed by atoms with E-state index in [0.717, 1.165) is 37.1 Å². The number of ether oxygens (including phenoxy) is 1. The van der Waals surface area contributed by atoms with Crippen LogP contribution < -0.4 is 10.1 Å². The zero-order valence-electron chi connectivity index (χ0n) is 20.7. The Bertz CT molecular complexity index is 1300. The molecule has 37 heavy (non-hydrogen) atoms. The topological polar surface area (TPSA) is 85.7 Å². The Morgan fingerprint density at radius 1 is 1.05 bits per heavy atom. The van der Waals surface area contributed by atoms with Gasteiger partial charge in [-0.25, -0.2) is 0 Å². The number of nitrogens with zero attached hydrogens (tertiary/aromatic N) is 3. The van der Waals surface area contributed by atoms with Crippen molar-refractivity contribution in [2.75, 3.05) is 45.2 Å². The van der Waals surface area contributed by atoms with E-state index in [9.17, 15) is 14.9 Å². The van der Waals surface area contributed by atoms with E-state index in [0.29, 0.717) is 40.7 Å². The minimum absolute atomic E-state index is 0.0898. The smallest absolute Gasteiger partial charge is 0.254 e. The number of hydrogen-bond donors (Lipinski definition) is 1. The Kier molecular flexibility index (Phi) is 8.78. The van der Waals surface area contributed by atoms with Gasteiger partial charge in [0, 0.05) is 35.4 Å². The summed E-state index contributed by atoms with van der Waals surface area (Å²) in [6, 6.07) is 21.7. The zero-order valence-corrected chi connectivity index (χ0v) is 21.5. The van der Waals surface area contributed by atoms with Gasteiger partial charge in [0.2, 0.25) is 5.91 Å². The highest BCUT2D eigenvalue weighted by molar-refractivity contribution is 6.31. The van der Waals surface area contributed by atoms with E-state index in [4.69, 9.17) is 16.3 Å². The second kappa shape index (κ2) is 12.4. The maximum absolute atomic E-state index is 13.5. The molecule has 0 bridgehead atoms. The summed E-state index contributed by atoms with van der Waals surface area (Å²) in [5.74, 6) is 0.00420. The van der Waals surface area contributed by atoms with Crippen molar-refractivity contribution >= 4 is 29.1 Å². The van der Waals surface area contributed by atoms with Crippen molar-refractivity contribution in [1.29, 1.82) is 5.26 Å². The molecule has 0 aliphatic carbocycles. The van der Waals surface area contributed by atoms with Crippen molar-refractivity contribution in [2.45, 2.75) is 12.8 Å². The van der Waals surface area contributed by atoms with Gasteiger partial charge in [-0.2, -0.15) is 5.26 Å². The van der Waals surface area contributed by atoms with E-state index in [-0.39, 0.29) is 18.4 Å². The highest BCUT2D eigenvalue weighted by atomic mass is 35.5. The number of anilines is 1. The maximum atomic E-state index is 13.5. The summed E-state index contributed by atoms with van der Waals surface area (Å²) >= 11 is 6.13. The van der Waals surface area contributed by atoms with E-state index >= 15 is 0 Å². The Labute approximate surface area is 222 Å². The van der Waals surface area contributed by atoms with Crippen LogP contribution in [0.25, 0.3) is 11.1 Å². The molecule has 1 fully saturated rings. The lowest BCUT2D eigenvalue weighted by Gasteiger charge is -2.25. The first-order chi connectivity index (χ1) is 17.9. The molecule has 0 atom stereocenters. The highest BCUT2D eigenvalue weighted by Crippen LogP contribution is 2.24. The lowest BCUT2D eigenvalue weighted by molar-refractivity contribution is -0.116. The summed E-state index contributed by atoms with van der Waals surface area (Å²) in [6.07, 6.45) is 2.30. The first kappa shape index (κ1) is 26.2. The normalized spacial score (nSPS) is 13.1. The number of nitrogens with one attached hydrogen (secondary N) is 1. The van der Waals surface area contributed by atoms with Crippen molar-refractivity contribution in [1.82, 2.24) is 9.80 Å². The molecule has 1 saturated heterocycles. The molecule has 0 saturated carbocycles. The van der Waals surface area contributed by atoms with Crippen molar-refractivity contribution in [3.05, 3.63) is 82.9 Å². The van der Waals surface area contributed by atoms with E-state index in [1.54, 1.807) is 41.3 Å². The predicted octanol–water partition coefficient (Wildman–Crippen LogP) is 5.06. The Morgan fingerprint density at radius 3 is 2.51 bits per heavy atom. The molecule has 7 nitrogen and oxygen atoms in total. The van der Waals surface area contributed by atoms with Gasteiger partial charge in [0.15, 0.2) is 0 Å². The van der Waals surface area contributed by atoms with Crippen LogP contribution in [0.2, 0.25) is 5.02 Å². The average molecular weight is 517 g/mol. The lowest BCUT2D eigenvalue weighted by atomic mass is 10.0. The van der Waals surface area contributed by atoms with Gasteiger partial charge in [0.1, 0.15) is 12.3 Å². The first-order valence-electron chi connectivity index (χ1n) is 12.2. The van der Waals surface area contributed by atoms with Gasteiger partial charge in [-0.15, -0.1) is 0 Å². The standard InChI is InChI=1S/C29H29ClN4O3/c1-37-27-17-25(30)16-26(18-27)32-28(35)20-34(14-13-33-11-2-3-12-33)29(36)23-9-7-22(8-10-23)24-6-4-5-21(15-24)19-31/h4-10,15-18H,2-3,11-14,20H2,1H3,(H,32,35). The maximum Gasteiger partial charge on any atom is 0.254 e. The lowest BCUT2D eigenvalue weighted by Crippen LogP contribution is -2.42. The minimum Gasteiger partial charge on any atom is -0.497 e. The Balaban J connectivity index is 1.49. The quantitative estimate of drug-likeness (QED) is 0.429. The summed E-state index contributed by atoms with van der Waals surface area (Å²) in [4.78, 5) is 30.3. The van der Waals surface area contributed by atoms with E-state index in [2.05, 4.69) is 16.3 Å². The van der Waals surface area contributed by atoms with Gasteiger partial charge < -0.3 is 19.9 Å². The molecule has 0 unspecified atom stereocenters. The molecule has 4 rings (SSSR count). The van der Waals surface area contributed by atoms with Gasteiger partial charge in [-0.05, 0) is 73.5 Å². The fourth-order valence-corrected chi connectivity index (χ4v) is 4.63. The SMILES string of the molecule is COc1cc(Cl)cc(NC(=O)CN(CCN2CCCC2)C(=O)c2ccc(-c3cccc(C#N)c3)cc2)c1. The number of carbonyl (C=O) groups excluding carboxylic acids is 2. The average Bonchev–Trinajstić information content (AvgIpc) is 3.44. The molecular formula is C29H29ClN4O3. The Hall–Kier alpha value is -3.86. The molecule has 2 amide bonds. The van der Waals surface area contributed by atoms with Gasteiger partial charge >= 0.3 is 0 Å². The van der Waals surface area contributed by atoms with E-state index in [1.165, 1.54) is 7.11 Å². The summed E-state index contributed by atoms with van der Waals surface area (Å²) in [7, 11) is 1.53. The van der Waals surface area contributed by atoms with Gasteiger partial charge in [-0.3, -0.25) is 9.59 Å². The summed E-state index contributed by atoms with van der Waals surface area (Å²) in [6.45, 7) is 3.08. The third-order valence-corrected chi connectivity index (χ3v) is 6.57. The number of halogens is 1. The molecule has 8 heteroatoms. The minimum atomic E-state index is -0.316. The molecule has 3 aromatic rings. The molecule has 1 aliphatic rings. The van der Waals surface area contributed by atoms with Crippen LogP contribution in [-0.4, -0.2) is 61.4 Å². The van der Waals surface area contributed by atoms with Crippen molar-refractivity contribution in [3.63, 3.8) is 0 Å². The molecule has 0 spiro atoms. The fraction of sp³-hybridized carbons (Fsp3) is 0.276. The van der Waals surface area contributed by atoms with Gasteiger partial charge in [-0.1, -0.05) is 35.9 Å². The second-order valence-electron chi connectivity index (χ2n) is 8.97. The molecule has 1 N–H and O–H groups in total. The van der Waals surface area contributed by atoms with E-state index in [1.807, 2.05) is 30.3 Å².